The van der Waals surface area contributed by atoms with Crippen LogP contribution in [0.15, 0.2) is 36.7 Å². The molecule has 0 radical (unpaired) electrons. The molecular weight excluding hydrogens is 385 g/mol. The number of hydrogen-bond acceptors (Lipinski definition) is 3. The smallest absolute Gasteiger partial charge is 0.321 e. The van der Waals surface area contributed by atoms with Crippen molar-refractivity contribution >= 4 is 41.6 Å². The first-order valence-corrected chi connectivity index (χ1v) is 8.37. The molecule has 2 unspecified atom stereocenters. The summed E-state index contributed by atoms with van der Waals surface area (Å²) in [4.78, 5) is 18.4. The van der Waals surface area contributed by atoms with Crippen molar-refractivity contribution in [2.24, 2.45) is 0 Å². The van der Waals surface area contributed by atoms with Crippen LogP contribution in [-0.2, 0) is 6.54 Å². The van der Waals surface area contributed by atoms with Gasteiger partial charge >= 0.3 is 6.03 Å². The largest absolute Gasteiger partial charge is 0.466 e. The van der Waals surface area contributed by atoms with Crippen molar-refractivity contribution < 1.29 is 9.53 Å². The van der Waals surface area contributed by atoms with E-state index in [1.807, 2.05) is 19.1 Å². The normalized spacial score (nSPS) is 23.9. The van der Waals surface area contributed by atoms with Crippen molar-refractivity contribution in [3.8, 4) is 5.75 Å². The van der Waals surface area contributed by atoms with Gasteiger partial charge in [0.25, 0.3) is 0 Å². The third-order valence-corrected chi connectivity index (χ3v) is 4.99. The first-order chi connectivity index (χ1) is 11.5. The number of pyridine rings is 1. The molecule has 2 atom stereocenters. The molecule has 5 nitrogen and oxygen atoms in total. The zero-order valence-electron chi connectivity index (χ0n) is 13.3. The third kappa shape index (κ3) is 3.12. The van der Waals surface area contributed by atoms with E-state index in [2.05, 4.69) is 10.3 Å². The van der Waals surface area contributed by atoms with Crippen LogP contribution in [-0.4, -0.2) is 21.6 Å². The SMILES string of the molecule is CC12CC(NC(=O)N1Cc1cccnc1)c1cc(Cl)cc(Cl)c1O2.Cl. The fourth-order valence-electron chi connectivity index (χ4n) is 3.35. The van der Waals surface area contributed by atoms with E-state index >= 15 is 0 Å². The Morgan fingerprint density at radius 1 is 1.44 bits per heavy atom. The van der Waals surface area contributed by atoms with Crippen molar-refractivity contribution in [1.82, 2.24) is 15.2 Å². The number of benzene rings is 1. The zero-order valence-corrected chi connectivity index (χ0v) is 15.7. The van der Waals surface area contributed by atoms with Gasteiger partial charge in [-0.3, -0.25) is 9.88 Å². The van der Waals surface area contributed by atoms with Gasteiger partial charge in [0.1, 0.15) is 5.75 Å². The van der Waals surface area contributed by atoms with Crippen LogP contribution in [0.1, 0.15) is 30.5 Å². The summed E-state index contributed by atoms with van der Waals surface area (Å²) in [6.45, 7) is 2.31. The summed E-state index contributed by atoms with van der Waals surface area (Å²) in [5, 5.41) is 4.00. The molecule has 1 saturated heterocycles. The van der Waals surface area contributed by atoms with E-state index in [0.29, 0.717) is 28.8 Å². The van der Waals surface area contributed by atoms with Crippen LogP contribution < -0.4 is 10.1 Å². The highest BCUT2D eigenvalue weighted by atomic mass is 35.5. The molecule has 8 heteroatoms. The average Bonchev–Trinajstić information content (AvgIpc) is 2.54. The number of fused-ring (bicyclic) bond motifs is 4. The van der Waals surface area contributed by atoms with Crippen molar-refractivity contribution in [3.63, 3.8) is 0 Å². The first-order valence-electron chi connectivity index (χ1n) is 7.61. The van der Waals surface area contributed by atoms with Crippen LogP contribution in [0.5, 0.6) is 5.75 Å². The van der Waals surface area contributed by atoms with Crippen LogP contribution in [0.25, 0.3) is 0 Å². The molecule has 0 spiro atoms. The van der Waals surface area contributed by atoms with Gasteiger partial charge in [-0.2, -0.15) is 0 Å². The zero-order chi connectivity index (χ0) is 16.9. The number of aromatic nitrogens is 1. The van der Waals surface area contributed by atoms with Gasteiger partial charge in [-0.15, -0.1) is 12.4 Å². The Labute approximate surface area is 161 Å². The second-order valence-electron chi connectivity index (χ2n) is 6.24. The number of nitrogens with zero attached hydrogens (tertiary/aromatic N) is 2. The minimum absolute atomic E-state index is 0. The summed E-state index contributed by atoms with van der Waals surface area (Å²) in [6.07, 6.45) is 4.06. The summed E-state index contributed by atoms with van der Waals surface area (Å²) < 4.78 is 6.19. The van der Waals surface area contributed by atoms with Gasteiger partial charge < -0.3 is 10.1 Å². The molecule has 2 bridgehead atoms. The highest BCUT2D eigenvalue weighted by molar-refractivity contribution is 6.35. The molecule has 3 heterocycles. The van der Waals surface area contributed by atoms with Gasteiger partial charge in [0.15, 0.2) is 5.72 Å². The number of hydrogen-bond donors (Lipinski definition) is 1. The minimum Gasteiger partial charge on any atom is -0.466 e. The Morgan fingerprint density at radius 2 is 2.24 bits per heavy atom. The lowest BCUT2D eigenvalue weighted by atomic mass is 9.90. The molecule has 1 N–H and O–H groups in total. The predicted octanol–water partition coefficient (Wildman–Crippen LogP) is 4.58. The van der Waals surface area contributed by atoms with Crippen LogP contribution in [0.2, 0.25) is 10.0 Å². The summed E-state index contributed by atoms with van der Waals surface area (Å²) >= 11 is 12.4. The van der Waals surface area contributed by atoms with Gasteiger partial charge in [0.2, 0.25) is 0 Å². The molecule has 0 saturated carbocycles. The maximum Gasteiger partial charge on any atom is 0.321 e. The standard InChI is InChI=1S/C17H15Cl2N3O2.ClH/c1-17-7-14(12-5-11(18)6-13(19)15(12)24-17)21-16(23)22(17)9-10-3-2-4-20-8-10;/h2-6,8,14H,7,9H2,1H3,(H,21,23);1H. The molecular formula is C17H16Cl3N3O2. The van der Waals surface area contributed by atoms with E-state index < -0.39 is 5.72 Å². The molecule has 2 aliphatic heterocycles. The molecule has 1 aromatic heterocycles. The lowest BCUT2D eigenvalue weighted by Gasteiger charge is -2.51. The molecule has 1 fully saturated rings. The summed E-state index contributed by atoms with van der Waals surface area (Å²) in [7, 11) is 0. The Morgan fingerprint density at radius 3 is 2.96 bits per heavy atom. The molecule has 0 aliphatic carbocycles. The van der Waals surface area contributed by atoms with E-state index in [9.17, 15) is 4.79 Å². The van der Waals surface area contributed by atoms with E-state index in [-0.39, 0.29) is 24.5 Å². The Bertz CT molecular complexity index is 818. The van der Waals surface area contributed by atoms with Crippen LogP contribution in [0, 0.1) is 0 Å². The maximum absolute atomic E-state index is 12.6. The molecule has 132 valence electrons. The van der Waals surface area contributed by atoms with Crippen LogP contribution in [0.3, 0.4) is 0 Å². The van der Waals surface area contributed by atoms with E-state index in [1.54, 1.807) is 29.4 Å². The monoisotopic (exact) mass is 399 g/mol. The Balaban J connectivity index is 0.00000182. The number of carbonyl (C=O) groups is 1. The second-order valence-corrected chi connectivity index (χ2v) is 7.08. The number of urea groups is 1. The third-order valence-electron chi connectivity index (χ3n) is 4.49. The highest BCUT2D eigenvalue weighted by Crippen LogP contribution is 2.48. The Kier molecular flexibility index (Phi) is 4.75. The summed E-state index contributed by atoms with van der Waals surface area (Å²) in [5.74, 6) is 0.580. The molecule has 2 aromatic rings. The van der Waals surface area contributed by atoms with Crippen molar-refractivity contribution in [3.05, 3.63) is 57.8 Å². The Hall–Kier alpha value is -1.69. The fourth-order valence-corrected chi connectivity index (χ4v) is 3.89. The maximum atomic E-state index is 12.6. The highest BCUT2D eigenvalue weighted by Gasteiger charge is 2.49. The number of amides is 2. The lowest BCUT2D eigenvalue weighted by Crippen LogP contribution is -2.64. The summed E-state index contributed by atoms with van der Waals surface area (Å²) in [5.41, 5.74) is 0.969. The predicted molar refractivity (Wildman–Crippen MR) is 98.4 cm³/mol. The molecule has 4 rings (SSSR count). The van der Waals surface area contributed by atoms with E-state index in [4.69, 9.17) is 27.9 Å². The molecule has 2 amide bonds. The van der Waals surface area contributed by atoms with Crippen molar-refractivity contribution in [2.75, 3.05) is 0 Å². The quantitative estimate of drug-likeness (QED) is 0.803. The fraction of sp³-hybridized carbons (Fsp3) is 0.294. The number of nitrogens with one attached hydrogen (secondary N) is 1. The lowest BCUT2D eigenvalue weighted by molar-refractivity contribution is -0.0878. The van der Waals surface area contributed by atoms with Gasteiger partial charge in [-0.1, -0.05) is 29.3 Å². The number of rotatable bonds is 2. The van der Waals surface area contributed by atoms with Gasteiger partial charge in [0, 0.05) is 29.4 Å². The average molecular weight is 401 g/mol. The van der Waals surface area contributed by atoms with Crippen LogP contribution >= 0.6 is 35.6 Å². The first kappa shape index (κ1) is 18.1. The van der Waals surface area contributed by atoms with Crippen molar-refractivity contribution in [1.29, 1.82) is 0 Å². The minimum atomic E-state index is -0.784. The van der Waals surface area contributed by atoms with Crippen molar-refractivity contribution in [2.45, 2.75) is 31.7 Å². The molecule has 1 aromatic carbocycles. The molecule has 2 aliphatic rings. The summed E-state index contributed by atoms with van der Waals surface area (Å²) in [6, 6.07) is 6.87. The number of ether oxygens (including phenoxy) is 1. The topological polar surface area (TPSA) is 54.5 Å². The van der Waals surface area contributed by atoms with Gasteiger partial charge in [-0.05, 0) is 30.7 Å². The van der Waals surface area contributed by atoms with Crippen LogP contribution in [0.4, 0.5) is 4.79 Å². The van der Waals surface area contributed by atoms with E-state index in [0.717, 1.165) is 11.1 Å². The second kappa shape index (κ2) is 6.56. The number of carbonyl (C=O) groups excluding carboxylic acids is 1. The van der Waals surface area contributed by atoms with E-state index in [1.165, 1.54) is 0 Å². The van der Waals surface area contributed by atoms with Gasteiger partial charge in [0.05, 0.1) is 17.6 Å². The number of halogens is 3. The molecule has 25 heavy (non-hydrogen) atoms. The van der Waals surface area contributed by atoms with Gasteiger partial charge in [-0.25, -0.2) is 4.79 Å².